The molecular weight excluding hydrogens is 1450 g/mol. The van der Waals surface area contributed by atoms with E-state index in [0.29, 0.717) is 32.7 Å². The fourth-order valence-corrected chi connectivity index (χ4v) is 14.0. The number of methoxy groups -OCH3 is 1. The normalized spacial score (nSPS) is 16.7. The van der Waals surface area contributed by atoms with Gasteiger partial charge in [0.2, 0.25) is 59.1 Å². The fraction of sp³-hybridized carbons (Fsp3) is 0.805. The van der Waals surface area contributed by atoms with Crippen LogP contribution in [-0.2, 0) is 81.3 Å². The summed E-state index contributed by atoms with van der Waals surface area (Å²) >= 11 is 0. The first-order chi connectivity index (χ1) is 52.3. The number of allylic oxidation sites excluding steroid dienone is 2. The van der Waals surface area contributed by atoms with Crippen LogP contribution >= 0.6 is 0 Å². The van der Waals surface area contributed by atoms with Crippen LogP contribution in [0.3, 0.4) is 0 Å². The first-order valence-electron chi connectivity index (χ1n) is 40.4. The third kappa shape index (κ3) is 32.4. The van der Waals surface area contributed by atoms with Crippen LogP contribution in [0.15, 0.2) is 12.2 Å². The number of carbonyl (C=O) groups is 14. The zero-order valence-corrected chi connectivity index (χ0v) is 74.6. The van der Waals surface area contributed by atoms with E-state index in [1.165, 1.54) is 111 Å². The lowest BCUT2D eigenvalue weighted by molar-refractivity contribution is -0.164. The molecule has 1 aliphatic heterocycles. The Kier molecular flexibility index (Phi) is 44.3. The molecule has 0 saturated carbocycles. The SMILES string of the molecule is C/C=C/C[C@@H](C)[C@@H](OC(C)=O)[C@@H](C(=O)N[C@@H](CC)C(=O)OCCN(C)C(C)=O)N(C)C(=O)[C@H](C(C)C)N(C)C(=O)[C@H](CC(C)C)N(C)C(=O)[C@H](CC(C)C)N(C)C(=O)[C@@H](C)NC(=O)[C@H](C)NC(=O)[C@H](CC(C)C)N(C)C(=O)[C@@H](CC(=O)[C@H]([C@H](C)CN1CCN(CCOC)CC1)N(C)C(=O)[C@@H](C)N(C)C(=O)OC(C)(C)C)C(C)C. The van der Waals surface area contributed by atoms with Crippen molar-refractivity contribution in [2.24, 2.45) is 47.3 Å². The van der Waals surface area contributed by atoms with Gasteiger partial charge in [0.25, 0.3) is 0 Å². The highest BCUT2D eigenvalue weighted by molar-refractivity contribution is 5.99. The van der Waals surface area contributed by atoms with E-state index in [4.69, 9.17) is 18.9 Å². The Bertz CT molecular complexity index is 3170. The van der Waals surface area contributed by atoms with Crippen molar-refractivity contribution in [3.8, 4) is 0 Å². The second-order valence-corrected chi connectivity index (χ2v) is 34.0. The number of nitrogens with one attached hydrogen (secondary N) is 3. The zero-order valence-electron chi connectivity index (χ0n) is 74.6. The number of hydrogen-bond donors (Lipinski definition) is 3. The van der Waals surface area contributed by atoms with Crippen molar-refractivity contribution >= 4 is 82.9 Å². The van der Waals surface area contributed by atoms with Crippen LogP contribution in [-0.4, -0.2) is 327 Å². The summed E-state index contributed by atoms with van der Waals surface area (Å²) < 4.78 is 22.2. The number of piperazine rings is 1. The van der Waals surface area contributed by atoms with Crippen LogP contribution < -0.4 is 16.0 Å². The molecule has 113 heavy (non-hydrogen) atoms. The standard InChI is InChI=1S/C82H147N13O18/c1-32-34-35-54(13)70(112-60(19)97)69(73(101)85-62(33-2)80(108)111-43-40-86(23)59(18)96)93(30)79(107)67(53(11)12)91(28)78(106)65(46-51(7)8)90(27)77(105)64(45-50(5)6)89(26)74(102)57(16)84-71(99)56(15)83-72(100)63(44-49(3)4)88(25)76(104)61(52(9)10)47-66(98)68(55(14)48-95-38-36-94(37-39-95)41-42-110-31)92(29)75(103)58(17)87(24)81(109)113-82(20,21)22/h32,34,49-58,61-65,67-70H,33,35-48H2,1-31H3,(H,83,100)(H,84,99)(H,85,101)/b34-32+/t54-,55-,56+,57-,58-,61+,62+,63+,64+,65+,67+,68+,69+,70-/m1/s1. The number of ketones is 1. The smallest absolute Gasteiger partial charge is 0.410 e. The van der Waals surface area contributed by atoms with E-state index in [1.54, 1.807) is 96.4 Å². The highest BCUT2D eigenvalue weighted by atomic mass is 16.6. The molecule has 11 amide bonds. The van der Waals surface area contributed by atoms with E-state index < -0.39 is 173 Å². The van der Waals surface area contributed by atoms with Crippen LogP contribution in [0.1, 0.15) is 191 Å². The fourth-order valence-electron chi connectivity index (χ4n) is 14.0. The predicted octanol–water partition coefficient (Wildman–Crippen LogP) is 5.59. The van der Waals surface area contributed by atoms with Crippen molar-refractivity contribution in [2.45, 2.75) is 263 Å². The van der Waals surface area contributed by atoms with Crippen LogP contribution in [0.5, 0.6) is 0 Å². The van der Waals surface area contributed by atoms with Gasteiger partial charge in [-0.15, -0.1) is 0 Å². The Labute approximate surface area is 676 Å². The van der Waals surface area contributed by atoms with Gasteiger partial charge in [-0.2, -0.15) is 0 Å². The van der Waals surface area contributed by atoms with Gasteiger partial charge in [-0.25, -0.2) is 9.59 Å². The minimum absolute atomic E-state index is 0.0579. The third-order valence-electron chi connectivity index (χ3n) is 21.1. The van der Waals surface area contributed by atoms with Gasteiger partial charge in [0.05, 0.1) is 19.2 Å². The molecule has 0 aromatic heterocycles. The largest absolute Gasteiger partial charge is 0.462 e. The molecule has 0 spiro atoms. The highest BCUT2D eigenvalue weighted by Gasteiger charge is 2.48. The van der Waals surface area contributed by atoms with Gasteiger partial charge in [0, 0.05) is 129 Å². The van der Waals surface area contributed by atoms with Gasteiger partial charge >= 0.3 is 18.0 Å². The summed E-state index contributed by atoms with van der Waals surface area (Å²) in [5.41, 5.74) is -0.842. The quantitative estimate of drug-likeness (QED) is 0.0380. The molecule has 3 N–H and O–H groups in total. The molecule has 14 atom stereocenters. The number of ether oxygens (including phenoxy) is 4. The maximum atomic E-state index is 15.4. The number of nitrogens with zero attached hydrogens (tertiary/aromatic N) is 10. The van der Waals surface area contributed by atoms with Crippen LogP contribution in [0, 0.1) is 47.3 Å². The maximum absolute atomic E-state index is 15.4. The Morgan fingerprint density at radius 2 is 0.982 bits per heavy atom. The van der Waals surface area contributed by atoms with Crippen molar-refractivity contribution in [3.63, 3.8) is 0 Å². The molecule has 0 bridgehead atoms. The van der Waals surface area contributed by atoms with E-state index >= 15 is 24.0 Å². The first-order valence-corrected chi connectivity index (χ1v) is 40.4. The number of esters is 2. The van der Waals surface area contributed by atoms with Crippen molar-refractivity contribution in [3.05, 3.63) is 12.2 Å². The number of rotatable bonds is 46. The van der Waals surface area contributed by atoms with Crippen LogP contribution in [0.4, 0.5) is 4.79 Å². The molecule has 0 aliphatic carbocycles. The van der Waals surface area contributed by atoms with Gasteiger partial charge < -0.3 is 74.1 Å². The Balaban J connectivity index is 3.73. The molecule has 31 heteroatoms. The predicted molar refractivity (Wildman–Crippen MR) is 434 cm³/mol. The molecule has 0 aromatic rings. The second-order valence-electron chi connectivity index (χ2n) is 34.0. The number of carbonyl (C=O) groups excluding carboxylic acids is 14. The molecule has 648 valence electrons. The topological polar surface area (TPSA) is 344 Å². The maximum Gasteiger partial charge on any atom is 0.410 e. The molecule has 1 aliphatic rings. The lowest BCUT2D eigenvalue weighted by atomic mass is 9.84. The number of hydrogen-bond acceptors (Lipinski definition) is 20. The third-order valence-corrected chi connectivity index (χ3v) is 21.1. The Hall–Kier alpha value is -7.80. The minimum atomic E-state index is -1.57. The highest BCUT2D eigenvalue weighted by Crippen LogP contribution is 2.30. The zero-order chi connectivity index (χ0) is 87.3. The Morgan fingerprint density at radius 3 is 1.45 bits per heavy atom. The van der Waals surface area contributed by atoms with Gasteiger partial charge in [-0.05, 0) is 122 Å². The molecule has 1 fully saturated rings. The number of Topliss-reactive ketones (excluding diaryl/α,β-unsaturated/α-hetero) is 1. The average molecular weight is 1600 g/mol. The molecule has 0 aromatic carbocycles. The summed E-state index contributed by atoms with van der Waals surface area (Å²) in [5, 5.41) is 8.16. The summed E-state index contributed by atoms with van der Waals surface area (Å²) in [4.78, 5) is 215. The van der Waals surface area contributed by atoms with E-state index in [2.05, 4.69) is 25.8 Å². The minimum Gasteiger partial charge on any atom is -0.462 e. The van der Waals surface area contributed by atoms with E-state index in [0.717, 1.165) is 24.5 Å². The van der Waals surface area contributed by atoms with E-state index in [9.17, 15) is 43.2 Å². The van der Waals surface area contributed by atoms with Gasteiger partial charge in [-0.3, -0.25) is 67.3 Å². The molecule has 31 nitrogen and oxygen atoms in total. The molecular formula is C82H147N13O18. The molecule has 1 rings (SSSR count). The molecule has 1 heterocycles. The summed E-state index contributed by atoms with van der Waals surface area (Å²) in [7, 11) is 13.3. The summed E-state index contributed by atoms with van der Waals surface area (Å²) in [6, 6.07) is -12.3. The number of amides is 11. The summed E-state index contributed by atoms with van der Waals surface area (Å²) in [6.07, 6.45) is 2.02. The van der Waals surface area contributed by atoms with Crippen LogP contribution in [0.25, 0.3) is 0 Å². The first kappa shape index (κ1) is 103. The molecule has 1 saturated heterocycles. The summed E-state index contributed by atoms with van der Waals surface area (Å²) in [5.74, 6) is -11.8. The second kappa shape index (κ2) is 48.5. The molecule has 0 radical (unpaired) electrons. The van der Waals surface area contributed by atoms with E-state index in [1.807, 2.05) is 54.5 Å². The lowest BCUT2D eigenvalue weighted by Crippen LogP contribution is -2.63. The van der Waals surface area contributed by atoms with Crippen molar-refractivity contribution < 1.29 is 86.1 Å². The van der Waals surface area contributed by atoms with Crippen LogP contribution in [0.2, 0.25) is 0 Å². The van der Waals surface area contributed by atoms with Crippen molar-refractivity contribution in [2.75, 3.05) is 123 Å². The van der Waals surface area contributed by atoms with E-state index in [-0.39, 0.29) is 74.7 Å². The van der Waals surface area contributed by atoms with Gasteiger partial charge in [-0.1, -0.05) is 102 Å². The number of likely N-dealkylation sites (N-methyl/N-ethyl adjacent to an activating group) is 8. The lowest BCUT2D eigenvalue weighted by Gasteiger charge is -2.42. The van der Waals surface area contributed by atoms with Gasteiger partial charge in [0.15, 0.2) is 5.78 Å². The van der Waals surface area contributed by atoms with Crippen molar-refractivity contribution in [1.29, 1.82) is 0 Å². The Morgan fingerprint density at radius 1 is 0.504 bits per heavy atom. The van der Waals surface area contributed by atoms with Crippen molar-refractivity contribution in [1.82, 2.24) is 64.9 Å². The summed E-state index contributed by atoms with van der Waals surface area (Å²) in [6.45, 7) is 42.1. The monoisotopic (exact) mass is 1600 g/mol. The van der Waals surface area contributed by atoms with Gasteiger partial charge in [0.1, 0.15) is 72.7 Å². The molecule has 0 unspecified atom stereocenters. The average Bonchev–Trinajstić information content (AvgIpc) is 0.801.